The number of nitrogens with one attached hydrogen (secondary N) is 2. The molecule has 3 rings (SSSR count). The maximum absolute atomic E-state index is 13.0. The Kier molecular flexibility index (Phi) is 6.53. The Morgan fingerprint density at radius 1 is 1.00 bits per heavy atom. The summed E-state index contributed by atoms with van der Waals surface area (Å²) in [5, 5.41) is 5.84. The third kappa shape index (κ3) is 5.03. The predicted molar refractivity (Wildman–Crippen MR) is 113 cm³/mol. The Hall–Kier alpha value is -3.02. The Bertz CT molecular complexity index is 815. The molecule has 148 valence electrons. The fraction of sp³-hybridized carbons (Fsp3) is 0.364. The molecule has 1 fully saturated rings. The van der Waals surface area contributed by atoms with Gasteiger partial charge < -0.3 is 20.4 Å². The molecule has 0 saturated carbocycles. The van der Waals surface area contributed by atoms with E-state index >= 15 is 0 Å². The summed E-state index contributed by atoms with van der Waals surface area (Å²) in [6, 6.07) is 15.2. The second-order valence-corrected chi connectivity index (χ2v) is 7.27. The number of hydrogen-bond acceptors (Lipinski definition) is 3. The molecule has 1 aliphatic heterocycles. The summed E-state index contributed by atoms with van der Waals surface area (Å²) < 4.78 is 0. The number of piperidine rings is 1. The smallest absolute Gasteiger partial charge is 0.321 e. The highest BCUT2D eigenvalue weighted by molar-refractivity contribution is 6.02. The van der Waals surface area contributed by atoms with Crippen LogP contribution in [0.5, 0.6) is 0 Å². The van der Waals surface area contributed by atoms with Crippen molar-refractivity contribution in [3.05, 3.63) is 59.7 Å². The summed E-state index contributed by atoms with van der Waals surface area (Å²) in [6.07, 6.45) is 3.48. The lowest BCUT2D eigenvalue weighted by atomic mass is 10.1. The molecule has 3 amide bonds. The van der Waals surface area contributed by atoms with Gasteiger partial charge in [-0.1, -0.05) is 30.3 Å². The molecule has 2 N–H and O–H groups in total. The van der Waals surface area contributed by atoms with Crippen molar-refractivity contribution in [1.82, 2.24) is 10.2 Å². The van der Waals surface area contributed by atoms with Crippen molar-refractivity contribution in [3.8, 4) is 0 Å². The maximum Gasteiger partial charge on any atom is 0.321 e. The minimum Gasteiger partial charge on any atom is -0.371 e. The average molecular weight is 380 g/mol. The number of urea groups is 1. The van der Waals surface area contributed by atoms with Gasteiger partial charge in [-0.2, -0.15) is 0 Å². The Balaban J connectivity index is 1.82. The molecule has 2 aromatic carbocycles. The lowest BCUT2D eigenvalue weighted by molar-refractivity contribution is 0.0951. The van der Waals surface area contributed by atoms with Crippen molar-refractivity contribution >= 4 is 23.3 Å². The first kappa shape index (κ1) is 19.7. The van der Waals surface area contributed by atoms with Crippen molar-refractivity contribution in [3.63, 3.8) is 0 Å². The van der Waals surface area contributed by atoms with Crippen LogP contribution in [0.1, 0.15) is 35.2 Å². The molecular formula is C22H28N4O2. The van der Waals surface area contributed by atoms with Gasteiger partial charge in [-0.3, -0.25) is 4.79 Å². The number of carbonyl (C=O) groups is 2. The zero-order chi connectivity index (χ0) is 19.9. The van der Waals surface area contributed by atoms with Crippen LogP contribution < -0.4 is 15.5 Å². The molecule has 0 atom stereocenters. The second kappa shape index (κ2) is 9.26. The van der Waals surface area contributed by atoms with E-state index in [0.29, 0.717) is 17.8 Å². The number of benzene rings is 2. The van der Waals surface area contributed by atoms with Gasteiger partial charge in [0.15, 0.2) is 0 Å². The fourth-order valence-electron chi connectivity index (χ4n) is 3.31. The van der Waals surface area contributed by atoms with Gasteiger partial charge in [0, 0.05) is 45.1 Å². The van der Waals surface area contributed by atoms with E-state index in [1.165, 1.54) is 11.3 Å². The van der Waals surface area contributed by atoms with E-state index in [9.17, 15) is 9.59 Å². The van der Waals surface area contributed by atoms with Crippen molar-refractivity contribution < 1.29 is 9.59 Å². The van der Waals surface area contributed by atoms with Crippen LogP contribution in [0.15, 0.2) is 48.5 Å². The molecule has 0 radical (unpaired) electrons. The summed E-state index contributed by atoms with van der Waals surface area (Å²) in [5.74, 6) is -0.134. The highest BCUT2D eigenvalue weighted by atomic mass is 16.2. The first-order valence-corrected chi connectivity index (χ1v) is 9.74. The molecular weight excluding hydrogens is 352 g/mol. The van der Waals surface area contributed by atoms with Crippen LogP contribution in [0.25, 0.3) is 0 Å². The molecule has 0 unspecified atom stereocenters. The van der Waals surface area contributed by atoms with Crippen LogP contribution in [0, 0.1) is 0 Å². The van der Waals surface area contributed by atoms with E-state index in [-0.39, 0.29) is 11.9 Å². The van der Waals surface area contributed by atoms with E-state index in [0.717, 1.165) is 37.2 Å². The Morgan fingerprint density at radius 2 is 1.71 bits per heavy atom. The summed E-state index contributed by atoms with van der Waals surface area (Å²) in [7, 11) is 3.37. The molecule has 1 saturated heterocycles. The van der Waals surface area contributed by atoms with E-state index in [1.807, 2.05) is 42.5 Å². The van der Waals surface area contributed by atoms with Crippen LogP contribution in [0.2, 0.25) is 0 Å². The molecule has 6 heteroatoms. The second-order valence-electron chi connectivity index (χ2n) is 7.27. The number of amides is 3. The monoisotopic (exact) mass is 380 g/mol. The average Bonchev–Trinajstić information content (AvgIpc) is 2.73. The van der Waals surface area contributed by atoms with Crippen LogP contribution in [0.4, 0.5) is 16.2 Å². The van der Waals surface area contributed by atoms with Gasteiger partial charge in [0.1, 0.15) is 0 Å². The third-order valence-corrected chi connectivity index (χ3v) is 4.89. The summed E-state index contributed by atoms with van der Waals surface area (Å²) in [5.41, 5.74) is 3.18. The molecule has 1 heterocycles. The third-order valence-electron chi connectivity index (χ3n) is 4.89. The van der Waals surface area contributed by atoms with Gasteiger partial charge in [-0.05, 0) is 43.0 Å². The van der Waals surface area contributed by atoms with Crippen molar-refractivity contribution in [2.75, 3.05) is 37.4 Å². The first-order valence-electron chi connectivity index (χ1n) is 9.74. The molecule has 6 nitrogen and oxygen atoms in total. The minimum absolute atomic E-state index is 0.134. The quantitative estimate of drug-likeness (QED) is 0.831. The number of rotatable bonds is 5. The lowest BCUT2D eigenvalue weighted by Gasteiger charge is -2.30. The zero-order valence-electron chi connectivity index (χ0n) is 16.6. The number of anilines is 2. The molecule has 0 bridgehead atoms. The molecule has 0 aliphatic carbocycles. The first-order chi connectivity index (χ1) is 13.5. The lowest BCUT2D eigenvalue weighted by Crippen LogP contribution is -2.33. The van der Waals surface area contributed by atoms with Gasteiger partial charge in [0.25, 0.3) is 5.91 Å². The highest BCUT2D eigenvalue weighted by Gasteiger charge is 2.20. The van der Waals surface area contributed by atoms with Gasteiger partial charge in [-0.25, -0.2) is 4.79 Å². The van der Waals surface area contributed by atoms with Crippen LogP contribution in [-0.2, 0) is 6.54 Å². The van der Waals surface area contributed by atoms with Crippen molar-refractivity contribution in [1.29, 1.82) is 0 Å². The molecule has 0 spiro atoms. The van der Waals surface area contributed by atoms with E-state index in [2.05, 4.69) is 15.5 Å². The summed E-state index contributed by atoms with van der Waals surface area (Å²) in [4.78, 5) is 28.7. The summed E-state index contributed by atoms with van der Waals surface area (Å²) in [6.45, 7) is 2.36. The molecule has 2 aromatic rings. The normalized spacial score (nSPS) is 13.7. The van der Waals surface area contributed by atoms with Gasteiger partial charge >= 0.3 is 6.03 Å². The minimum atomic E-state index is -0.221. The SMILES string of the molecule is CN(C)C(=O)Nc1ccc(N2CCCCC2)c(C(=O)NCc2ccccc2)c1. The molecule has 28 heavy (non-hydrogen) atoms. The van der Waals surface area contributed by atoms with Crippen molar-refractivity contribution in [2.45, 2.75) is 25.8 Å². The molecule has 1 aliphatic rings. The number of carbonyl (C=O) groups excluding carboxylic acids is 2. The summed E-state index contributed by atoms with van der Waals surface area (Å²) >= 11 is 0. The van der Waals surface area contributed by atoms with Gasteiger partial charge in [0.05, 0.1) is 5.56 Å². The largest absolute Gasteiger partial charge is 0.371 e. The number of nitrogens with zero attached hydrogens (tertiary/aromatic N) is 2. The topological polar surface area (TPSA) is 64.7 Å². The fourth-order valence-corrected chi connectivity index (χ4v) is 3.31. The predicted octanol–water partition coefficient (Wildman–Crippen LogP) is 3.70. The zero-order valence-corrected chi connectivity index (χ0v) is 16.6. The van der Waals surface area contributed by atoms with Crippen LogP contribution >= 0.6 is 0 Å². The molecule has 0 aromatic heterocycles. The van der Waals surface area contributed by atoms with Crippen molar-refractivity contribution in [2.24, 2.45) is 0 Å². The highest BCUT2D eigenvalue weighted by Crippen LogP contribution is 2.27. The van der Waals surface area contributed by atoms with E-state index < -0.39 is 0 Å². The maximum atomic E-state index is 13.0. The van der Waals surface area contributed by atoms with E-state index in [1.54, 1.807) is 20.2 Å². The van der Waals surface area contributed by atoms with Gasteiger partial charge in [-0.15, -0.1) is 0 Å². The standard InChI is InChI=1S/C22H28N4O2/c1-25(2)22(28)24-18-11-12-20(26-13-7-4-8-14-26)19(15-18)21(27)23-16-17-9-5-3-6-10-17/h3,5-6,9-12,15H,4,7-8,13-14,16H2,1-2H3,(H,23,27)(H,24,28). The van der Waals surface area contributed by atoms with E-state index in [4.69, 9.17) is 0 Å². The Labute approximate surface area is 166 Å². The van der Waals surface area contributed by atoms with Crippen LogP contribution in [-0.4, -0.2) is 44.0 Å². The Morgan fingerprint density at radius 3 is 2.39 bits per heavy atom. The van der Waals surface area contributed by atoms with Gasteiger partial charge in [0.2, 0.25) is 0 Å². The van der Waals surface area contributed by atoms with Crippen LogP contribution in [0.3, 0.4) is 0 Å². The number of hydrogen-bond donors (Lipinski definition) is 2.